The molecule has 3 rings (SSSR count). The number of benzene rings is 2. The van der Waals surface area contributed by atoms with Crippen LogP contribution in [0, 0.1) is 0 Å². The summed E-state index contributed by atoms with van der Waals surface area (Å²) in [6.07, 6.45) is 0.531. The van der Waals surface area contributed by atoms with Gasteiger partial charge in [-0.1, -0.05) is 67.9 Å². The Balaban J connectivity index is 1.82. The number of ether oxygens (including phenoxy) is 1. The van der Waals surface area contributed by atoms with Crippen molar-refractivity contribution in [2.45, 2.75) is 77.3 Å². The summed E-state index contributed by atoms with van der Waals surface area (Å²) >= 11 is 0. The van der Waals surface area contributed by atoms with Crippen molar-refractivity contribution < 1.29 is 19.4 Å². The zero-order valence-electron chi connectivity index (χ0n) is 21.3. The van der Waals surface area contributed by atoms with Gasteiger partial charge in [-0.3, -0.25) is 9.69 Å². The average Bonchev–Trinajstić information content (AvgIpc) is 2.80. The van der Waals surface area contributed by atoms with Gasteiger partial charge >= 0.3 is 6.09 Å². The van der Waals surface area contributed by atoms with Crippen molar-refractivity contribution in [2.75, 3.05) is 13.1 Å². The molecule has 7 nitrogen and oxygen atoms in total. The summed E-state index contributed by atoms with van der Waals surface area (Å²) < 4.78 is 5.56. The molecular weight excluding hydrogens is 442 g/mol. The Kier molecular flexibility index (Phi) is 8.92. The Bertz CT molecular complexity index is 989. The second-order valence-electron chi connectivity index (χ2n) is 10.3. The summed E-state index contributed by atoms with van der Waals surface area (Å²) in [7, 11) is 0. The molecule has 0 radical (unpaired) electrons. The van der Waals surface area contributed by atoms with Crippen molar-refractivity contribution in [2.24, 2.45) is 5.73 Å². The molecule has 0 saturated carbocycles. The molecule has 190 valence electrons. The van der Waals surface area contributed by atoms with E-state index in [1.54, 1.807) is 25.7 Å². The van der Waals surface area contributed by atoms with Crippen LogP contribution in [-0.2, 0) is 28.9 Å². The maximum atomic E-state index is 13.6. The maximum Gasteiger partial charge on any atom is 0.411 e. The second kappa shape index (κ2) is 11.7. The normalized spacial score (nSPS) is 18.3. The van der Waals surface area contributed by atoms with Gasteiger partial charge in [-0.25, -0.2) is 4.79 Å². The average molecular weight is 482 g/mol. The van der Waals surface area contributed by atoms with Gasteiger partial charge < -0.3 is 20.5 Å². The molecule has 0 aliphatic carbocycles. The number of piperazine rings is 1. The number of aliphatic hydroxyl groups is 1. The first kappa shape index (κ1) is 26.7. The van der Waals surface area contributed by atoms with Crippen LogP contribution in [0.25, 0.3) is 0 Å². The van der Waals surface area contributed by atoms with Gasteiger partial charge in [0.05, 0.1) is 6.10 Å². The van der Waals surface area contributed by atoms with E-state index in [0.29, 0.717) is 19.5 Å². The van der Waals surface area contributed by atoms with Gasteiger partial charge in [0.2, 0.25) is 5.91 Å². The third kappa shape index (κ3) is 7.29. The molecule has 35 heavy (non-hydrogen) atoms. The lowest BCUT2D eigenvalue weighted by atomic mass is 9.93. The molecule has 2 aromatic carbocycles. The second-order valence-corrected chi connectivity index (χ2v) is 10.3. The lowest BCUT2D eigenvalue weighted by Gasteiger charge is -2.43. The highest BCUT2D eigenvalue weighted by molar-refractivity contribution is 5.87. The fourth-order valence-corrected chi connectivity index (χ4v) is 4.44. The number of aryl methyl sites for hydroxylation is 1. The van der Waals surface area contributed by atoms with E-state index in [2.05, 4.69) is 19.1 Å². The van der Waals surface area contributed by atoms with E-state index < -0.39 is 29.9 Å². The highest BCUT2D eigenvalue weighted by Crippen LogP contribution is 2.23. The summed E-state index contributed by atoms with van der Waals surface area (Å²) in [5.41, 5.74) is 8.92. The molecular formula is C28H39N3O4. The fourth-order valence-electron chi connectivity index (χ4n) is 4.44. The SMILES string of the molecule is CCCc1cccc(C[C@H](N)[C@H](O)[C@H]2C(=O)N(Cc3ccccc3)CCN2C(=O)OC(C)(C)C)c1. The standard InChI is InChI=1S/C28H39N3O4/c1-5-10-20-13-9-14-22(17-20)18-23(29)25(32)24-26(33)30(19-21-11-7-6-8-12-21)15-16-31(24)27(34)35-28(2,3)4/h6-9,11-14,17,23-25,32H,5,10,15-16,18-19,29H2,1-4H3/t23-,24-,25-/m0/s1. The third-order valence-electron chi connectivity index (χ3n) is 6.12. The van der Waals surface area contributed by atoms with Crippen molar-refractivity contribution in [3.8, 4) is 0 Å². The van der Waals surface area contributed by atoms with Crippen molar-refractivity contribution in [1.82, 2.24) is 9.80 Å². The summed E-state index contributed by atoms with van der Waals surface area (Å²) in [5.74, 6) is -0.325. The van der Waals surface area contributed by atoms with Gasteiger partial charge in [0.15, 0.2) is 0 Å². The number of carbonyl (C=O) groups excluding carboxylic acids is 2. The first-order valence-electron chi connectivity index (χ1n) is 12.4. The summed E-state index contributed by atoms with van der Waals surface area (Å²) in [5, 5.41) is 11.3. The zero-order valence-corrected chi connectivity index (χ0v) is 21.3. The van der Waals surface area contributed by atoms with E-state index in [1.807, 2.05) is 42.5 Å². The number of nitrogens with zero attached hydrogens (tertiary/aromatic N) is 2. The van der Waals surface area contributed by atoms with Crippen LogP contribution in [0.3, 0.4) is 0 Å². The van der Waals surface area contributed by atoms with Crippen LogP contribution >= 0.6 is 0 Å². The van der Waals surface area contributed by atoms with Crippen LogP contribution in [0.15, 0.2) is 54.6 Å². The Morgan fingerprint density at radius 3 is 2.40 bits per heavy atom. The Hall–Kier alpha value is -2.90. The molecule has 1 saturated heterocycles. The molecule has 7 heteroatoms. The highest BCUT2D eigenvalue weighted by atomic mass is 16.6. The van der Waals surface area contributed by atoms with E-state index in [-0.39, 0.29) is 12.5 Å². The van der Waals surface area contributed by atoms with Crippen LogP contribution in [0.4, 0.5) is 4.79 Å². The van der Waals surface area contributed by atoms with Gasteiger partial charge in [-0.15, -0.1) is 0 Å². The first-order chi connectivity index (χ1) is 16.6. The molecule has 2 amide bonds. The van der Waals surface area contributed by atoms with Crippen LogP contribution in [0.1, 0.15) is 50.8 Å². The Morgan fingerprint density at radius 1 is 1.09 bits per heavy atom. The van der Waals surface area contributed by atoms with E-state index in [0.717, 1.165) is 24.0 Å². The lowest BCUT2D eigenvalue weighted by molar-refractivity contribution is -0.148. The van der Waals surface area contributed by atoms with E-state index in [9.17, 15) is 14.7 Å². The van der Waals surface area contributed by atoms with Gasteiger partial charge in [-0.2, -0.15) is 0 Å². The van der Waals surface area contributed by atoms with Crippen molar-refractivity contribution in [3.63, 3.8) is 0 Å². The fraction of sp³-hybridized carbons (Fsp3) is 0.500. The van der Waals surface area contributed by atoms with E-state index >= 15 is 0 Å². The zero-order chi connectivity index (χ0) is 25.6. The predicted molar refractivity (Wildman–Crippen MR) is 137 cm³/mol. The topological polar surface area (TPSA) is 96.1 Å². The number of hydrogen-bond acceptors (Lipinski definition) is 5. The van der Waals surface area contributed by atoms with Gasteiger partial charge in [0.25, 0.3) is 0 Å². The van der Waals surface area contributed by atoms with Crippen molar-refractivity contribution >= 4 is 12.0 Å². The van der Waals surface area contributed by atoms with E-state index in [4.69, 9.17) is 10.5 Å². The molecule has 1 aliphatic rings. The molecule has 2 aromatic rings. The van der Waals surface area contributed by atoms with Crippen LogP contribution in [0.5, 0.6) is 0 Å². The van der Waals surface area contributed by atoms with Crippen molar-refractivity contribution in [1.29, 1.82) is 0 Å². The third-order valence-corrected chi connectivity index (χ3v) is 6.12. The molecule has 1 aliphatic heterocycles. The summed E-state index contributed by atoms with van der Waals surface area (Å²) in [6.45, 7) is 8.47. The lowest BCUT2D eigenvalue weighted by Crippen LogP contribution is -2.65. The Morgan fingerprint density at radius 2 is 1.74 bits per heavy atom. The van der Waals surface area contributed by atoms with Crippen LogP contribution in [0.2, 0.25) is 0 Å². The monoisotopic (exact) mass is 481 g/mol. The molecule has 1 heterocycles. The van der Waals surface area contributed by atoms with Crippen LogP contribution < -0.4 is 5.73 Å². The minimum Gasteiger partial charge on any atom is -0.444 e. The Labute approximate surface area is 208 Å². The molecule has 1 fully saturated rings. The minimum atomic E-state index is -1.25. The summed E-state index contributed by atoms with van der Waals surface area (Å²) in [4.78, 5) is 29.6. The highest BCUT2D eigenvalue weighted by Gasteiger charge is 2.45. The largest absolute Gasteiger partial charge is 0.444 e. The smallest absolute Gasteiger partial charge is 0.411 e. The first-order valence-corrected chi connectivity index (χ1v) is 12.4. The number of amides is 2. The quantitative estimate of drug-likeness (QED) is 0.601. The number of rotatable bonds is 8. The van der Waals surface area contributed by atoms with Crippen molar-refractivity contribution in [3.05, 3.63) is 71.3 Å². The molecule has 0 aromatic heterocycles. The number of nitrogens with two attached hydrogens (primary N) is 1. The van der Waals surface area contributed by atoms with E-state index in [1.165, 1.54) is 10.5 Å². The molecule has 3 atom stereocenters. The van der Waals surface area contributed by atoms with Gasteiger partial charge in [0, 0.05) is 25.7 Å². The summed E-state index contributed by atoms with van der Waals surface area (Å²) in [6, 6.07) is 15.9. The minimum absolute atomic E-state index is 0.258. The number of carbonyl (C=O) groups is 2. The van der Waals surface area contributed by atoms with Crippen LogP contribution in [-0.4, -0.2) is 63.8 Å². The number of hydrogen-bond donors (Lipinski definition) is 2. The molecule has 3 N–H and O–H groups in total. The molecule has 0 bridgehead atoms. The van der Waals surface area contributed by atoms with Gasteiger partial charge in [0.1, 0.15) is 11.6 Å². The van der Waals surface area contributed by atoms with Gasteiger partial charge in [-0.05, 0) is 50.3 Å². The molecule has 0 spiro atoms. The number of aliphatic hydroxyl groups excluding tert-OH is 1. The predicted octanol–water partition coefficient (Wildman–Crippen LogP) is 3.52. The maximum absolute atomic E-state index is 13.6. The molecule has 0 unspecified atom stereocenters.